The van der Waals surface area contributed by atoms with Crippen molar-refractivity contribution in [2.45, 2.75) is 45.6 Å². The summed E-state index contributed by atoms with van der Waals surface area (Å²) in [5.41, 5.74) is 1.38. The minimum atomic E-state index is 0.613. The van der Waals surface area contributed by atoms with Crippen LogP contribution in [-0.2, 0) is 0 Å². The van der Waals surface area contributed by atoms with Crippen molar-refractivity contribution in [3.8, 4) is 11.5 Å². The number of ether oxygens (including phenoxy) is 2. The fourth-order valence-electron chi connectivity index (χ4n) is 3.34. The summed E-state index contributed by atoms with van der Waals surface area (Å²) >= 11 is 0. The lowest BCUT2D eigenvalue weighted by Crippen LogP contribution is -2.28. The minimum absolute atomic E-state index is 0.613. The van der Waals surface area contributed by atoms with E-state index in [2.05, 4.69) is 37.5 Å². The van der Waals surface area contributed by atoms with Gasteiger partial charge in [0.1, 0.15) is 0 Å². The standard InChI is InChI=1S/C17H27NO2/c1-5-19-16-10-7-13(11-17(16)20-6-2)14-8-9-15(18-4)12(14)3/h7,10-12,14-15,18H,5-6,8-9H2,1-4H3. The average Bonchev–Trinajstić information content (AvgIpc) is 2.82. The van der Waals surface area contributed by atoms with Gasteiger partial charge in [-0.1, -0.05) is 13.0 Å². The molecule has 1 aliphatic rings. The largest absolute Gasteiger partial charge is 0.490 e. The summed E-state index contributed by atoms with van der Waals surface area (Å²) in [7, 11) is 2.06. The van der Waals surface area contributed by atoms with Gasteiger partial charge in [0, 0.05) is 6.04 Å². The SMILES string of the molecule is CCOc1ccc(C2CCC(NC)C2C)cc1OCC. The van der Waals surface area contributed by atoms with Crippen LogP contribution >= 0.6 is 0 Å². The Bertz CT molecular complexity index is 433. The van der Waals surface area contributed by atoms with E-state index in [1.165, 1.54) is 18.4 Å². The first kappa shape index (κ1) is 15.2. The Morgan fingerprint density at radius 1 is 1.10 bits per heavy atom. The van der Waals surface area contributed by atoms with Gasteiger partial charge in [-0.3, -0.25) is 0 Å². The molecule has 1 fully saturated rings. The molecule has 3 atom stereocenters. The number of nitrogens with one attached hydrogen (secondary N) is 1. The predicted octanol–water partition coefficient (Wildman–Crippen LogP) is 3.59. The first-order chi connectivity index (χ1) is 9.71. The maximum absolute atomic E-state index is 5.74. The summed E-state index contributed by atoms with van der Waals surface area (Å²) in [6.07, 6.45) is 2.49. The summed E-state index contributed by atoms with van der Waals surface area (Å²) in [5, 5.41) is 3.43. The van der Waals surface area contributed by atoms with Crippen molar-refractivity contribution < 1.29 is 9.47 Å². The molecule has 3 heteroatoms. The highest BCUT2D eigenvalue weighted by atomic mass is 16.5. The quantitative estimate of drug-likeness (QED) is 0.862. The molecular weight excluding hydrogens is 250 g/mol. The van der Waals surface area contributed by atoms with Gasteiger partial charge in [-0.15, -0.1) is 0 Å². The van der Waals surface area contributed by atoms with Gasteiger partial charge in [-0.25, -0.2) is 0 Å². The van der Waals surface area contributed by atoms with E-state index in [1.807, 2.05) is 13.8 Å². The van der Waals surface area contributed by atoms with Crippen LogP contribution in [0.25, 0.3) is 0 Å². The molecule has 2 rings (SSSR count). The molecule has 0 bridgehead atoms. The summed E-state index contributed by atoms with van der Waals surface area (Å²) in [6, 6.07) is 7.06. The van der Waals surface area contributed by atoms with E-state index in [0.717, 1.165) is 11.5 Å². The second kappa shape index (κ2) is 6.98. The Hall–Kier alpha value is -1.22. The molecule has 0 aliphatic heterocycles. The third-order valence-corrected chi connectivity index (χ3v) is 4.42. The van der Waals surface area contributed by atoms with Gasteiger partial charge in [-0.05, 0) is 63.3 Å². The third-order valence-electron chi connectivity index (χ3n) is 4.42. The zero-order valence-electron chi connectivity index (χ0n) is 13.1. The van der Waals surface area contributed by atoms with Gasteiger partial charge in [0.2, 0.25) is 0 Å². The van der Waals surface area contributed by atoms with Crippen LogP contribution in [0.3, 0.4) is 0 Å². The lowest BCUT2D eigenvalue weighted by Gasteiger charge is -2.22. The number of hydrogen-bond acceptors (Lipinski definition) is 3. The Morgan fingerprint density at radius 3 is 2.40 bits per heavy atom. The first-order valence-electron chi connectivity index (χ1n) is 7.78. The van der Waals surface area contributed by atoms with Gasteiger partial charge in [-0.2, -0.15) is 0 Å². The third kappa shape index (κ3) is 3.09. The van der Waals surface area contributed by atoms with Crippen LogP contribution in [0.5, 0.6) is 11.5 Å². The summed E-state index contributed by atoms with van der Waals surface area (Å²) < 4.78 is 11.4. The van der Waals surface area contributed by atoms with E-state index >= 15 is 0 Å². The molecule has 0 amide bonds. The van der Waals surface area contributed by atoms with E-state index in [1.54, 1.807) is 0 Å². The maximum atomic E-state index is 5.74. The molecule has 1 aromatic carbocycles. The van der Waals surface area contributed by atoms with Gasteiger partial charge < -0.3 is 14.8 Å². The van der Waals surface area contributed by atoms with Gasteiger partial charge in [0.25, 0.3) is 0 Å². The average molecular weight is 277 g/mol. The monoisotopic (exact) mass is 277 g/mol. The van der Waals surface area contributed by atoms with Crippen molar-refractivity contribution in [3.05, 3.63) is 23.8 Å². The predicted molar refractivity (Wildman–Crippen MR) is 82.8 cm³/mol. The van der Waals surface area contributed by atoms with E-state index in [9.17, 15) is 0 Å². The number of benzene rings is 1. The summed E-state index contributed by atoms with van der Waals surface area (Å²) in [4.78, 5) is 0. The lowest BCUT2D eigenvalue weighted by molar-refractivity contribution is 0.287. The smallest absolute Gasteiger partial charge is 0.161 e. The van der Waals surface area contributed by atoms with Crippen molar-refractivity contribution in [2.75, 3.05) is 20.3 Å². The molecule has 112 valence electrons. The zero-order chi connectivity index (χ0) is 14.5. The molecule has 0 radical (unpaired) electrons. The molecule has 0 saturated heterocycles. The van der Waals surface area contributed by atoms with Gasteiger partial charge in [0.15, 0.2) is 11.5 Å². The Labute approximate surface area is 122 Å². The van der Waals surface area contributed by atoms with Gasteiger partial charge in [0.05, 0.1) is 13.2 Å². The highest BCUT2D eigenvalue weighted by Crippen LogP contribution is 2.42. The molecule has 1 aliphatic carbocycles. The normalized spacial score (nSPS) is 25.7. The van der Waals surface area contributed by atoms with Gasteiger partial charge >= 0.3 is 0 Å². The lowest BCUT2D eigenvalue weighted by atomic mass is 9.88. The molecular formula is C17H27NO2. The van der Waals surface area contributed by atoms with E-state index in [-0.39, 0.29) is 0 Å². The molecule has 3 nitrogen and oxygen atoms in total. The van der Waals surface area contributed by atoms with Crippen LogP contribution in [-0.4, -0.2) is 26.3 Å². The second-order valence-electron chi connectivity index (χ2n) is 5.51. The topological polar surface area (TPSA) is 30.5 Å². The molecule has 3 unspecified atom stereocenters. The van der Waals surface area contributed by atoms with Crippen LogP contribution in [0.15, 0.2) is 18.2 Å². The van der Waals surface area contributed by atoms with Crippen molar-refractivity contribution in [1.82, 2.24) is 5.32 Å². The Morgan fingerprint density at radius 2 is 1.80 bits per heavy atom. The van der Waals surface area contributed by atoms with Crippen LogP contribution in [0.2, 0.25) is 0 Å². The molecule has 0 heterocycles. The fraction of sp³-hybridized carbons (Fsp3) is 0.647. The maximum Gasteiger partial charge on any atom is 0.161 e. The van der Waals surface area contributed by atoms with Crippen LogP contribution in [0.4, 0.5) is 0 Å². The van der Waals surface area contributed by atoms with Crippen molar-refractivity contribution >= 4 is 0 Å². The molecule has 0 spiro atoms. The van der Waals surface area contributed by atoms with E-state index in [0.29, 0.717) is 31.1 Å². The van der Waals surface area contributed by atoms with E-state index in [4.69, 9.17) is 9.47 Å². The zero-order valence-corrected chi connectivity index (χ0v) is 13.1. The summed E-state index contributed by atoms with van der Waals surface area (Å²) in [5.74, 6) is 3.01. The van der Waals surface area contributed by atoms with Crippen LogP contribution in [0, 0.1) is 5.92 Å². The highest BCUT2D eigenvalue weighted by Gasteiger charge is 2.33. The van der Waals surface area contributed by atoms with E-state index < -0.39 is 0 Å². The first-order valence-corrected chi connectivity index (χ1v) is 7.78. The Balaban J connectivity index is 2.22. The molecule has 1 saturated carbocycles. The van der Waals surface area contributed by atoms with Crippen LogP contribution < -0.4 is 14.8 Å². The number of hydrogen-bond donors (Lipinski definition) is 1. The van der Waals surface area contributed by atoms with Crippen molar-refractivity contribution in [3.63, 3.8) is 0 Å². The Kier molecular flexibility index (Phi) is 5.30. The van der Waals surface area contributed by atoms with Crippen molar-refractivity contribution in [1.29, 1.82) is 0 Å². The fourth-order valence-corrected chi connectivity index (χ4v) is 3.34. The van der Waals surface area contributed by atoms with Crippen molar-refractivity contribution in [2.24, 2.45) is 5.92 Å². The molecule has 20 heavy (non-hydrogen) atoms. The highest BCUT2D eigenvalue weighted by molar-refractivity contribution is 5.44. The molecule has 1 aromatic rings. The molecule has 0 aromatic heterocycles. The molecule has 1 N–H and O–H groups in total. The van der Waals surface area contributed by atoms with Crippen LogP contribution in [0.1, 0.15) is 45.1 Å². The summed E-state index contributed by atoms with van der Waals surface area (Å²) in [6.45, 7) is 7.69. The second-order valence-corrected chi connectivity index (χ2v) is 5.51. The number of rotatable bonds is 6. The minimum Gasteiger partial charge on any atom is -0.490 e.